The number of fused-ring (bicyclic) bond motifs is 8. The summed E-state index contributed by atoms with van der Waals surface area (Å²) in [5, 5.41) is 5.29. The molecule has 41 heavy (non-hydrogen) atoms. The Morgan fingerprint density at radius 1 is 0.415 bits per heavy atom. The fourth-order valence-electron chi connectivity index (χ4n) is 6.36. The highest BCUT2D eigenvalue weighted by Crippen LogP contribution is 2.44. The lowest BCUT2D eigenvalue weighted by Gasteiger charge is -2.11. The van der Waals surface area contributed by atoms with Crippen LogP contribution in [0.4, 0.5) is 0 Å². The van der Waals surface area contributed by atoms with Gasteiger partial charge in [0.05, 0.1) is 15.7 Å². The van der Waals surface area contributed by atoms with E-state index in [1.54, 1.807) is 0 Å². The summed E-state index contributed by atoms with van der Waals surface area (Å²) in [4.78, 5) is 0. The van der Waals surface area contributed by atoms with E-state index >= 15 is 0 Å². The number of rotatable bonds is 3. The Morgan fingerprint density at radius 3 is 1.78 bits per heavy atom. The van der Waals surface area contributed by atoms with E-state index in [0.717, 1.165) is 0 Å². The second-order valence-electron chi connectivity index (χ2n) is 10.5. The monoisotopic (exact) mass is 557 g/mol. The van der Waals surface area contributed by atoms with Crippen LogP contribution >= 0.6 is 22.7 Å². The molecule has 0 fully saturated rings. The van der Waals surface area contributed by atoms with E-state index in [9.17, 15) is 0 Å². The Balaban J connectivity index is 1.24. The average Bonchev–Trinajstić information content (AvgIpc) is 3.69. The Bertz CT molecular complexity index is 2420. The summed E-state index contributed by atoms with van der Waals surface area (Å²) in [5.41, 5.74) is 8.81. The largest absolute Gasteiger partial charge is 0.308 e. The second-order valence-corrected chi connectivity index (χ2v) is 12.7. The van der Waals surface area contributed by atoms with E-state index in [-0.39, 0.29) is 0 Å². The minimum absolute atomic E-state index is 1.20. The van der Waals surface area contributed by atoms with Crippen molar-refractivity contribution >= 4 is 74.1 Å². The lowest BCUT2D eigenvalue weighted by atomic mass is 9.94. The average molecular weight is 558 g/mol. The van der Waals surface area contributed by atoms with Crippen LogP contribution in [0.15, 0.2) is 140 Å². The van der Waals surface area contributed by atoms with Gasteiger partial charge in [0.15, 0.2) is 0 Å². The van der Waals surface area contributed by atoms with E-state index < -0.39 is 0 Å². The van der Waals surface area contributed by atoms with Crippen molar-refractivity contribution in [2.75, 3.05) is 0 Å². The van der Waals surface area contributed by atoms with Crippen molar-refractivity contribution < 1.29 is 0 Å². The van der Waals surface area contributed by atoms with E-state index in [1.165, 1.54) is 79.3 Å². The molecule has 0 N–H and O–H groups in total. The molecule has 0 aliphatic rings. The van der Waals surface area contributed by atoms with Gasteiger partial charge in [-0.05, 0) is 58.7 Å². The predicted molar refractivity (Wildman–Crippen MR) is 180 cm³/mol. The molecule has 0 amide bonds. The van der Waals surface area contributed by atoms with Crippen molar-refractivity contribution in [1.29, 1.82) is 0 Å². The number of hydrogen-bond acceptors (Lipinski definition) is 2. The Labute approximate surface area is 245 Å². The van der Waals surface area contributed by atoms with Crippen molar-refractivity contribution in [3.63, 3.8) is 0 Å². The highest BCUT2D eigenvalue weighted by Gasteiger charge is 2.18. The molecule has 3 heterocycles. The SMILES string of the molecule is c1ccc(-n2c3ccccc3c3sc4cc(-c5ccccc5-c5ccc6c(c5)sc5ccccc56)ccc4c32)cc1. The highest BCUT2D eigenvalue weighted by molar-refractivity contribution is 7.27. The van der Waals surface area contributed by atoms with E-state index in [0.29, 0.717) is 0 Å². The van der Waals surface area contributed by atoms with Crippen LogP contribution in [0, 0.1) is 0 Å². The second kappa shape index (κ2) is 8.90. The molecule has 0 saturated heterocycles. The first-order valence-electron chi connectivity index (χ1n) is 13.9. The smallest absolute Gasteiger partial charge is 0.0727 e. The number of para-hydroxylation sites is 2. The summed E-state index contributed by atoms with van der Waals surface area (Å²) < 4.78 is 7.77. The highest BCUT2D eigenvalue weighted by atomic mass is 32.1. The lowest BCUT2D eigenvalue weighted by molar-refractivity contribution is 1.19. The minimum atomic E-state index is 1.20. The van der Waals surface area contributed by atoms with Crippen LogP contribution in [0.3, 0.4) is 0 Å². The van der Waals surface area contributed by atoms with Crippen LogP contribution in [-0.2, 0) is 0 Å². The molecule has 0 bridgehead atoms. The fourth-order valence-corrected chi connectivity index (χ4v) is 8.77. The normalized spacial score (nSPS) is 11.9. The van der Waals surface area contributed by atoms with Gasteiger partial charge in [-0.3, -0.25) is 0 Å². The van der Waals surface area contributed by atoms with E-state index in [4.69, 9.17) is 0 Å². The third-order valence-electron chi connectivity index (χ3n) is 8.22. The molecule has 1 nitrogen and oxygen atoms in total. The lowest BCUT2D eigenvalue weighted by Crippen LogP contribution is -1.92. The molecule has 0 saturated carbocycles. The van der Waals surface area contributed by atoms with Gasteiger partial charge >= 0.3 is 0 Å². The maximum absolute atomic E-state index is 2.43. The van der Waals surface area contributed by atoms with Crippen molar-refractivity contribution in [1.82, 2.24) is 4.57 Å². The molecule has 0 radical (unpaired) electrons. The van der Waals surface area contributed by atoms with Gasteiger partial charge in [-0.15, -0.1) is 22.7 Å². The molecule has 3 heteroatoms. The Morgan fingerprint density at radius 2 is 1.00 bits per heavy atom. The summed E-state index contributed by atoms with van der Waals surface area (Å²) in [6.07, 6.45) is 0. The van der Waals surface area contributed by atoms with Crippen LogP contribution < -0.4 is 0 Å². The van der Waals surface area contributed by atoms with Crippen molar-refractivity contribution in [2.24, 2.45) is 0 Å². The summed E-state index contributed by atoms with van der Waals surface area (Å²) in [6, 6.07) is 51.0. The van der Waals surface area contributed by atoms with Gasteiger partial charge in [-0.2, -0.15) is 0 Å². The van der Waals surface area contributed by atoms with Gasteiger partial charge in [-0.25, -0.2) is 0 Å². The van der Waals surface area contributed by atoms with Gasteiger partial charge in [0.1, 0.15) is 0 Å². The third kappa shape index (κ3) is 3.46. The third-order valence-corrected chi connectivity index (χ3v) is 10.5. The Hall–Kier alpha value is -4.70. The number of nitrogens with zero attached hydrogens (tertiary/aromatic N) is 1. The maximum Gasteiger partial charge on any atom is 0.0727 e. The van der Waals surface area contributed by atoms with E-state index in [2.05, 4.69) is 144 Å². The fraction of sp³-hybridized carbons (Fsp3) is 0. The first-order chi connectivity index (χ1) is 20.3. The van der Waals surface area contributed by atoms with Gasteiger partial charge in [0.2, 0.25) is 0 Å². The van der Waals surface area contributed by atoms with Crippen molar-refractivity contribution in [3.05, 3.63) is 140 Å². The standard InChI is InChI=1S/C38H23NS2/c1-2-10-26(11-3-1)39-33-16-8-6-15-31(33)38-37(39)32-21-19-25(23-36(32)41-38)28-13-5-4-12-27(28)24-18-20-30-29-14-7-9-17-34(29)40-35(30)22-24/h1-23H. The molecule has 6 aromatic carbocycles. The number of benzene rings is 6. The predicted octanol–water partition coefficient (Wildman–Crippen LogP) is 11.7. The van der Waals surface area contributed by atoms with Gasteiger partial charge in [0.25, 0.3) is 0 Å². The van der Waals surface area contributed by atoms with Crippen molar-refractivity contribution in [2.45, 2.75) is 0 Å². The van der Waals surface area contributed by atoms with Gasteiger partial charge in [0, 0.05) is 41.3 Å². The van der Waals surface area contributed by atoms with Gasteiger partial charge in [-0.1, -0.05) is 103 Å². The summed E-state index contributed by atoms with van der Waals surface area (Å²) in [7, 11) is 0. The molecule has 0 unspecified atom stereocenters. The van der Waals surface area contributed by atoms with E-state index in [1.807, 2.05) is 22.7 Å². The summed E-state index contributed by atoms with van der Waals surface area (Å²) in [6.45, 7) is 0. The molecule has 192 valence electrons. The zero-order valence-electron chi connectivity index (χ0n) is 22.0. The molecule has 9 rings (SSSR count). The molecule has 9 aromatic rings. The van der Waals surface area contributed by atoms with Gasteiger partial charge < -0.3 is 4.57 Å². The number of aromatic nitrogens is 1. The number of hydrogen-bond donors (Lipinski definition) is 0. The van der Waals surface area contributed by atoms with Crippen molar-refractivity contribution in [3.8, 4) is 27.9 Å². The van der Waals surface area contributed by atoms with Crippen LogP contribution in [0.2, 0.25) is 0 Å². The topological polar surface area (TPSA) is 4.93 Å². The molecular formula is C38H23NS2. The Kier molecular flexibility index (Phi) is 5.00. The molecule has 0 spiro atoms. The van der Waals surface area contributed by atoms with Crippen LogP contribution in [0.1, 0.15) is 0 Å². The zero-order valence-corrected chi connectivity index (χ0v) is 23.7. The summed E-state index contributed by atoms with van der Waals surface area (Å²) in [5.74, 6) is 0. The first-order valence-corrected chi connectivity index (χ1v) is 15.5. The first kappa shape index (κ1) is 23.0. The molecule has 0 aliphatic carbocycles. The minimum Gasteiger partial charge on any atom is -0.308 e. The molecule has 3 aromatic heterocycles. The van der Waals surface area contributed by atoms with Crippen LogP contribution in [0.5, 0.6) is 0 Å². The molecule has 0 atom stereocenters. The number of thiophene rings is 2. The summed E-state index contributed by atoms with van der Waals surface area (Å²) >= 11 is 3.78. The molecular weight excluding hydrogens is 535 g/mol. The quantitative estimate of drug-likeness (QED) is 0.204. The molecule has 0 aliphatic heterocycles. The van der Waals surface area contributed by atoms with Crippen LogP contribution in [0.25, 0.3) is 79.3 Å². The zero-order chi connectivity index (χ0) is 26.9. The maximum atomic E-state index is 2.43. The van der Waals surface area contributed by atoms with Crippen LogP contribution in [-0.4, -0.2) is 4.57 Å².